The van der Waals surface area contributed by atoms with Crippen molar-refractivity contribution >= 4 is 41.1 Å². The van der Waals surface area contributed by atoms with Crippen molar-refractivity contribution in [2.45, 2.75) is 95.8 Å². The van der Waals surface area contributed by atoms with Crippen LogP contribution in [0.4, 0.5) is 9.59 Å². The summed E-state index contributed by atoms with van der Waals surface area (Å²) in [5.41, 5.74) is 0. The van der Waals surface area contributed by atoms with Gasteiger partial charge in [-0.05, 0) is 58.2 Å². The molecule has 2 aliphatic rings. The maximum atomic E-state index is 12.6. The van der Waals surface area contributed by atoms with Crippen molar-refractivity contribution in [1.82, 2.24) is 5.32 Å². The van der Waals surface area contributed by atoms with E-state index in [-0.39, 0.29) is 18.4 Å². The Labute approximate surface area is 222 Å². The second kappa shape index (κ2) is 15.7. The van der Waals surface area contributed by atoms with E-state index in [1.165, 1.54) is 13.8 Å². The fourth-order valence-electron chi connectivity index (χ4n) is 4.39. The van der Waals surface area contributed by atoms with Gasteiger partial charge in [0, 0.05) is 0 Å². The molecule has 37 heavy (non-hydrogen) atoms. The monoisotopic (exact) mass is 545 g/mol. The van der Waals surface area contributed by atoms with Crippen LogP contribution in [0.3, 0.4) is 0 Å². The third-order valence-electron chi connectivity index (χ3n) is 6.47. The van der Waals surface area contributed by atoms with Gasteiger partial charge in [0.2, 0.25) is 13.6 Å². The van der Waals surface area contributed by atoms with Gasteiger partial charge in [-0.15, -0.1) is 0 Å². The summed E-state index contributed by atoms with van der Waals surface area (Å²) in [6.45, 7) is 3.60. The fraction of sp³-hybridized carbons (Fsp3) is 0.800. The van der Waals surface area contributed by atoms with Crippen molar-refractivity contribution in [3.8, 4) is 0 Å². The molecule has 1 N–H and O–H groups in total. The van der Waals surface area contributed by atoms with Gasteiger partial charge in [0.05, 0.1) is 23.2 Å². The van der Waals surface area contributed by atoms with E-state index in [1.807, 2.05) is 0 Å². The molecule has 2 rings (SSSR count). The van der Waals surface area contributed by atoms with E-state index in [2.05, 4.69) is 5.32 Å². The number of rotatable bonds is 11. The van der Waals surface area contributed by atoms with Gasteiger partial charge in [-0.3, -0.25) is 9.59 Å². The first-order chi connectivity index (χ1) is 17.6. The highest BCUT2D eigenvalue weighted by atomic mass is 32.2. The molecule has 0 radical (unpaired) electrons. The summed E-state index contributed by atoms with van der Waals surface area (Å²) in [5.74, 6) is -1.97. The molecule has 0 unspecified atom stereocenters. The third kappa shape index (κ3) is 10.8. The first-order valence-electron chi connectivity index (χ1n) is 12.9. The molecule has 210 valence electrons. The van der Waals surface area contributed by atoms with Crippen LogP contribution in [0.5, 0.6) is 0 Å². The van der Waals surface area contributed by atoms with Gasteiger partial charge >= 0.3 is 29.3 Å². The maximum absolute atomic E-state index is 12.6. The Hall–Kier alpha value is -2.50. The summed E-state index contributed by atoms with van der Waals surface area (Å²) >= 11 is 0.632. The van der Waals surface area contributed by atoms with Crippen LogP contribution >= 0.6 is 11.8 Å². The Bertz CT molecular complexity index is 790. The number of thioether (sulfide) groups is 1. The van der Waals surface area contributed by atoms with Gasteiger partial charge in [0.15, 0.2) is 0 Å². The third-order valence-corrected chi connectivity index (χ3v) is 7.52. The summed E-state index contributed by atoms with van der Waals surface area (Å²) < 4.78 is 23.9. The van der Waals surface area contributed by atoms with Crippen LogP contribution in [-0.4, -0.2) is 60.3 Å². The SMILES string of the molecule is CCOC(=O)[C@H](NC(=O)OCOC(=O)C1CCCCC1)C(C)(C)SC(=O)OCOC(=O)C1CCCCC1. The van der Waals surface area contributed by atoms with Crippen LogP contribution < -0.4 is 5.32 Å². The molecule has 11 nitrogen and oxygen atoms in total. The number of ether oxygens (including phenoxy) is 5. The van der Waals surface area contributed by atoms with Gasteiger partial charge in [0.1, 0.15) is 6.04 Å². The summed E-state index contributed by atoms with van der Waals surface area (Å²) in [6, 6.07) is -1.30. The average Bonchev–Trinajstić information content (AvgIpc) is 2.87. The fourth-order valence-corrected chi connectivity index (χ4v) is 5.20. The molecule has 0 aromatic rings. The molecular formula is C25H39NO10S. The van der Waals surface area contributed by atoms with Crippen LogP contribution in [0.1, 0.15) is 85.0 Å². The Kier molecular flexibility index (Phi) is 13.0. The number of alkyl carbamates (subject to hydrolysis) is 1. The predicted octanol–water partition coefficient (Wildman–Crippen LogP) is 4.45. The lowest BCUT2D eigenvalue weighted by molar-refractivity contribution is -0.159. The number of carbonyl (C=O) groups excluding carboxylic acids is 5. The minimum Gasteiger partial charge on any atom is -0.464 e. The molecule has 2 aliphatic carbocycles. The number of carbonyl (C=O) groups is 5. The Morgan fingerprint density at radius 3 is 1.73 bits per heavy atom. The Morgan fingerprint density at radius 2 is 1.24 bits per heavy atom. The number of amides is 1. The summed E-state index contributed by atoms with van der Waals surface area (Å²) in [4.78, 5) is 61.5. The van der Waals surface area contributed by atoms with Gasteiger partial charge in [-0.1, -0.05) is 38.5 Å². The topological polar surface area (TPSA) is 144 Å². The van der Waals surface area contributed by atoms with E-state index in [4.69, 9.17) is 23.7 Å². The normalized spacial score (nSPS) is 17.7. The number of hydrogen-bond donors (Lipinski definition) is 1. The molecule has 0 aliphatic heterocycles. The molecule has 0 saturated heterocycles. The molecule has 0 spiro atoms. The molecule has 1 amide bonds. The number of hydrogen-bond acceptors (Lipinski definition) is 11. The average molecular weight is 546 g/mol. The molecule has 0 bridgehead atoms. The molecule has 0 heterocycles. The predicted molar refractivity (Wildman–Crippen MR) is 133 cm³/mol. The highest BCUT2D eigenvalue weighted by molar-refractivity contribution is 8.14. The van der Waals surface area contributed by atoms with Gasteiger partial charge in [0.25, 0.3) is 0 Å². The lowest BCUT2D eigenvalue weighted by Crippen LogP contribution is -2.53. The van der Waals surface area contributed by atoms with E-state index in [1.54, 1.807) is 6.92 Å². The highest BCUT2D eigenvalue weighted by Crippen LogP contribution is 2.31. The van der Waals surface area contributed by atoms with Crippen LogP contribution in [0.25, 0.3) is 0 Å². The zero-order valence-corrected chi connectivity index (χ0v) is 22.7. The molecule has 0 aromatic carbocycles. The molecule has 0 aromatic heterocycles. The second-order valence-corrected chi connectivity index (χ2v) is 11.3. The van der Waals surface area contributed by atoms with Crippen molar-refractivity contribution < 1.29 is 47.7 Å². The lowest BCUT2D eigenvalue weighted by Gasteiger charge is -2.31. The first-order valence-corrected chi connectivity index (χ1v) is 13.7. The second-order valence-electron chi connectivity index (χ2n) is 9.69. The maximum Gasteiger partial charge on any atom is 0.410 e. The van der Waals surface area contributed by atoms with Crippen molar-refractivity contribution in [3.05, 3.63) is 0 Å². The molecule has 2 fully saturated rings. The van der Waals surface area contributed by atoms with Crippen molar-refractivity contribution in [2.75, 3.05) is 20.2 Å². The smallest absolute Gasteiger partial charge is 0.410 e. The summed E-state index contributed by atoms with van der Waals surface area (Å²) in [5, 5.41) is 1.58. The van der Waals surface area contributed by atoms with Crippen molar-refractivity contribution in [1.29, 1.82) is 0 Å². The Morgan fingerprint density at radius 1 is 0.757 bits per heavy atom. The zero-order valence-electron chi connectivity index (χ0n) is 21.9. The van der Waals surface area contributed by atoms with Crippen LogP contribution in [0, 0.1) is 11.8 Å². The zero-order chi connectivity index (χ0) is 27.3. The standard InChI is InChI=1S/C25H39NO10S/c1-4-32-22(29)19(26-23(30)35-15-33-20(27)17-11-7-5-8-12-17)25(2,3)37-24(31)36-16-34-21(28)18-13-9-6-10-14-18/h17-19H,4-16H2,1-3H3,(H,26,30)/t19-/m0/s1. The first kappa shape index (κ1) is 30.7. The van der Waals surface area contributed by atoms with Gasteiger partial charge in [-0.2, -0.15) is 0 Å². The quantitative estimate of drug-likeness (QED) is 0.223. The summed E-state index contributed by atoms with van der Waals surface area (Å²) in [6.07, 6.45) is 8.04. The van der Waals surface area contributed by atoms with E-state index < -0.39 is 53.7 Å². The molecule has 2 saturated carbocycles. The highest BCUT2D eigenvalue weighted by Gasteiger charge is 2.41. The van der Waals surface area contributed by atoms with Crippen molar-refractivity contribution in [2.24, 2.45) is 11.8 Å². The van der Waals surface area contributed by atoms with Crippen LogP contribution in [0.2, 0.25) is 0 Å². The lowest BCUT2D eigenvalue weighted by atomic mass is 9.89. The van der Waals surface area contributed by atoms with Gasteiger partial charge < -0.3 is 29.0 Å². The molecular weight excluding hydrogens is 506 g/mol. The van der Waals surface area contributed by atoms with Crippen molar-refractivity contribution in [3.63, 3.8) is 0 Å². The van der Waals surface area contributed by atoms with Crippen LogP contribution in [0.15, 0.2) is 0 Å². The molecule has 12 heteroatoms. The minimum absolute atomic E-state index is 0.0490. The van der Waals surface area contributed by atoms with Gasteiger partial charge in [-0.25, -0.2) is 14.4 Å². The van der Waals surface area contributed by atoms with E-state index >= 15 is 0 Å². The Balaban J connectivity index is 1.82. The van der Waals surface area contributed by atoms with Crippen LogP contribution in [-0.2, 0) is 38.1 Å². The van der Waals surface area contributed by atoms with E-state index in [0.717, 1.165) is 64.2 Å². The van der Waals surface area contributed by atoms with E-state index in [0.29, 0.717) is 11.8 Å². The van der Waals surface area contributed by atoms with E-state index in [9.17, 15) is 24.0 Å². The molecule has 1 atom stereocenters. The largest absolute Gasteiger partial charge is 0.464 e. The minimum atomic E-state index is -1.30. The summed E-state index contributed by atoms with van der Waals surface area (Å²) in [7, 11) is 0. The number of nitrogens with one attached hydrogen (secondary N) is 1. The number of esters is 3.